The Bertz CT molecular complexity index is 618. The molecule has 106 valence electrons. The van der Waals surface area contributed by atoms with Crippen LogP contribution in [-0.4, -0.2) is 35.2 Å². The zero-order chi connectivity index (χ0) is 14.9. The highest BCUT2D eigenvalue weighted by molar-refractivity contribution is 5.94. The van der Waals surface area contributed by atoms with E-state index in [2.05, 4.69) is 5.16 Å². The maximum atomic E-state index is 12.9. The molecule has 1 aromatic heterocycles. The van der Waals surface area contributed by atoms with Gasteiger partial charge in [0.2, 0.25) is 5.76 Å². The van der Waals surface area contributed by atoms with Gasteiger partial charge in [-0.05, 0) is 31.2 Å². The van der Waals surface area contributed by atoms with Gasteiger partial charge < -0.3 is 14.5 Å². The largest absolute Gasteiger partial charge is 0.388 e. The van der Waals surface area contributed by atoms with Crippen molar-refractivity contribution < 1.29 is 18.8 Å². The van der Waals surface area contributed by atoms with Gasteiger partial charge in [-0.3, -0.25) is 4.79 Å². The second-order valence-corrected chi connectivity index (χ2v) is 4.66. The first-order valence-corrected chi connectivity index (χ1v) is 6.07. The number of rotatable bonds is 3. The Kier molecular flexibility index (Phi) is 3.85. The van der Waals surface area contributed by atoms with Crippen molar-refractivity contribution in [1.82, 2.24) is 10.1 Å². The van der Waals surface area contributed by atoms with E-state index in [9.17, 15) is 14.3 Å². The Hall–Kier alpha value is -2.21. The summed E-state index contributed by atoms with van der Waals surface area (Å²) in [6.45, 7) is 1.52. The first-order valence-electron chi connectivity index (χ1n) is 6.07. The Morgan fingerprint density at radius 3 is 2.45 bits per heavy atom. The minimum atomic E-state index is -0.930. The Balaban J connectivity index is 2.55. The molecule has 6 heteroatoms. The number of aromatic nitrogens is 1. The lowest BCUT2D eigenvalue weighted by atomic mass is 10.0. The van der Waals surface area contributed by atoms with Crippen molar-refractivity contribution in [3.8, 4) is 11.3 Å². The Morgan fingerprint density at radius 2 is 1.95 bits per heavy atom. The number of aliphatic hydroxyl groups is 1. The number of hydrogen-bond acceptors (Lipinski definition) is 4. The van der Waals surface area contributed by atoms with Gasteiger partial charge in [-0.25, -0.2) is 4.39 Å². The van der Waals surface area contributed by atoms with Crippen molar-refractivity contribution in [2.45, 2.75) is 13.0 Å². The second kappa shape index (κ2) is 5.42. The van der Waals surface area contributed by atoms with Crippen LogP contribution in [0.4, 0.5) is 4.39 Å². The van der Waals surface area contributed by atoms with Crippen molar-refractivity contribution in [3.05, 3.63) is 41.4 Å². The van der Waals surface area contributed by atoms with Crippen LogP contribution in [-0.2, 0) is 0 Å². The van der Waals surface area contributed by atoms with Gasteiger partial charge in [-0.15, -0.1) is 0 Å². The Labute approximate surface area is 115 Å². The normalized spacial score (nSPS) is 12.2. The average molecular weight is 278 g/mol. The van der Waals surface area contributed by atoms with Gasteiger partial charge in [-0.1, -0.05) is 5.16 Å². The lowest BCUT2D eigenvalue weighted by molar-refractivity contribution is 0.0778. The van der Waals surface area contributed by atoms with E-state index in [-0.39, 0.29) is 17.5 Å². The second-order valence-electron chi connectivity index (χ2n) is 4.66. The zero-order valence-corrected chi connectivity index (χ0v) is 11.4. The summed E-state index contributed by atoms with van der Waals surface area (Å²) in [6.07, 6.45) is -0.930. The molecule has 0 bridgehead atoms. The molecule has 1 atom stereocenters. The molecule has 0 saturated carbocycles. The van der Waals surface area contributed by atoms with Crippen LogP contribution in [0.15, 0.2) is 28.8 Å². The van der Waals surface area contributed by atoms with Crippen LogP contribution in [0.3, 0.4) is 0 Å². The van der Waals surface area contributed by atoms with Gasteiger partial charge in [0.1, 0.15) is 11.5 Å². The molecule has 1 N–H and O–H groups in total. The van der Waals surface area contributed by atoms with Crippen molar-refractivity contribution in [1.29, 1.82) is 0 Å². The summed E-state index contributed by atoms with van der Waals surface area (Å²) in [5.74, 6) is -0.772. The number of benzene rings is 1. The maximum absolute atomic E-state index is 12.9. The molecule has 2 aromatic rings. The molecule has 1 heterocycles. The molecule has 1 aromatic carbocycles. The summed E-state index contributed by atoms with van der Waals surface area (Å²) in [4.78, 5) is 13.3. The third kappa shape index (κ3) is 2.55. The van der Waals surface area contributed by atoms with Crippen molar-refractivity contribution >= 4 is 5.91 Å². The van der Waals surface area contributed by atoms with Gasteiger partial charge in [0.15, 0.2) is 0 Å². The van der Waals surface area contributed by atoms with E-state index in [1.165, 1.54) is 36.1 Å². The third-order valence-electron chi connectivity index (χ3n) is 2.86. The summed E-state index contributed by atoms with van der Waals surface area (Å²) in [7, 11) is 3.16. The van der Waals surface area contributed by atoms with Gasteiger partial charge >= 0.3 is 0 Å². The maximum Gasteiger partial charge on any atom is 0.292 e. The van der Waals surface area contributed by atoms with Crippen LogP contribution >= 0.6 is 0 Å². The number of carbonyl (C=O) groups is 1. The van der Waals surface area contributed by atoms with E-state index < -0.39 is 6.10 Å². The van der Waals surface area contributed by atoms with E-state index in [1.807, 2.05) is 0 Å². The molecule has 2 rings (SSSR count). The van der Waals surface area contributed by atoms with Crippen LogP contribution in [0.2, 0.25) is 0 Å². The topological polar surface area (TPSA) is 66.6 Å². The van der Waals surface area contributed by atoms with Crippen LogP contribution in [0.1, 0.15) is 29.1 Å². The van der Waals surface area contributed by atoms with E-state index in [1.54, 1.807) is 14.1 Å². The summed E-state index contributed by atoms with van der Waals surface area (Å²) >= 11 is 0. The van der Waals surface area contributed by atoms with Crippen molar-refractivity contribution in [2.24, 2.45) is 0 Å². The molecule has 0 radical (unpaired) electrons. The van der Waals surface area contributed by atoms with E-state index in [0.29, 0.717) is 16.8 Å². The minimum Gasteiger partial charge on any atom is -0.388 e. The summed E-state index contributed by atoms with van der Waals surface area (Å²) in [5, 5.41) is 13.7. The fourth-order valence-corrected chi connectivity index (χ4v) is 1.86. The fourth-order valence-electron chi connectivity index (χ4n) is 1.86. The number of amides is 1. The quantitative estimate of drug-likeness (QED) is 0.935. The smallest absolute Gasteiger partial charge is 0.292 e. The minimum absolute atomic E-state index is 0.00988. The first-order chi connectivity index (χ1) is 9.41. The standard InChI is InChI=1S/C14H15FN2O3/c1-8(18)11-12(9-4-6-10(15)7-5-9)16-20-13(11)14(19)17(2)3/h4-8,18H,1-3H3/t8-/m0/s1. The number of hydrogen-bond donors (Lipinski definition) is 1. The monoisotopic (exact) mass is 278 g/mol. The Morgan fingerprint density at radius 1 is 1.35 bits per heavy atom. The molecule has 20 heavy (non-hydrogen) atoms. The fraction of sp³-hybridized carbons (Fsp3) is 0.286. The van der Waals surface area contributed by atoms with Gasteiger partial charge in [0.05, 0.1) is 11.7 Å². The number of carbonyl (C=O) groups excluding carboxylic acids is 1. The molecule has 0 aliphatic heterocycles. The highest BCUT2D eigenvalue weighted by Crippen LogP contribution is 2.31. The average Bonchev–Trinajstić information content (AvgIpc) is 2.83. The SMILES string of the molecule is C[C@H](O)c1c(-c2ccc(F)cc2)noc1C(=O)N(C)C. The molecule has 0 spiro atoms. The molecule has 0 aliphatic carbocycles. The molecule has 5 nitrogen and oxygen atoms in total. The predicted octanol–water partition coefficient (Wildman–Crippen LogP) is 2.24. The van der Waals surface area contributed by atoms with E-state index in [0.717, 1.165) is 0 Å². The molecule has 1 amide bonds. The predicted molar refractivity (Wildman–Crippen MR) is 70.5 cm³/mol. The van der Waals surface area contributed by atoms with Crippen LogP contribution in [0, 0.1) is 5.82 Å². The molecule has 0 aliphatic rings. The lowest BCUT2D eigenvalue weighted by Gasteiger charge is -2.10. The van der Waals surface area contributed by atoms with Crippen molar-refractivity contribution in [3.63, 3.8) is 0 Å². The number of halogens is 1. The van der Waals surface area contributed by atoms with Gasteiger partial charge in [0.25, 0.3) is 5.91 Å². The van der Waals surface area contributed by atoms with Crippen LogP contribution in [0.25, 0.3) is 11.3 Å². The molecule has 0 fully saturated rings. The van der Waals surface area contributed by atoms with Crippen LogP contribution < -0.4 is 0 Å². The van der Waals surface area contributed by atoms with Crippen LogP contribution in [0.5, 0.6) is 0 Å². The number of aliphatic hydroxyl groups excluding tert-OH is 1. The molecular weight excluding hydrogens is 263 g/mol. The van der Waals surface area contributed by atoms with Crippen molar-refractivity contribution in [2.75, 3.05) is 14.1 Å². The summed E-state index contributed by atoms with van der Waals surface area (Å²) in [6, 6.07) is 5.60. The highest BCUT2D eigenvalue weighted by Gasteiger charge is 2.27. The summed E-state index contributed by atoms with van der Waals surface area (Å²) < 4.78 is 18.0. The van der Waals surface area contributed by atoms with Gasteiger partial charge in [0, 0.05) is 19.7 Å². The van der Waals surface area contributed by atoms with Gasteiger partial charge in [-0.2, -0.15) is 0 Å². The first kappa shape index (κ1) is 14.2. The van der Waals surface area contributed by atoms with E-state index >= 15 is 0 Å². The molecule has 0 saturated heterocycles. The third-order valence-corrected chi connectivity index (χ3v) is 2.86. The highest BCUT2D eigenvalue weighted by atomic mass is 19.1. The summed E-state index contributed by atoms with van der Waals surface area (Å²) in [5.41, 5.74) is 1.21. The molecule has 0 unspecified atom stereocenters. The zero-order valence-electron chi connectivity index (χ0n) is 11.4. The number of nitrogens with zero attached hydrogens (tertiary/aromatic N) is 2. The molecular formula is C14H15FN2O3. The van der Waals surface area contributed by atoms with E-state index in [4.69, 9.17) is 4.52 Å². The lowest BCUT2D eigenvalue weighted by Crippen LogP contribution is -2.22.